The van der Waals surface area contributed by atoms with Crippen molar-refractivity contribution in [3.63, 3.8) is 0 Å². The molecule has 0 aliphatic carbocycles. The Bertz CT molecular complexity index is 1190. The Morgan fingerprint density at radius 1 is 0.702 bits per heavy atom. The van der Waals surface area contributed by atoms with Crippen LogP contribution < -0.4 is 0 Å². The molecule has 0 radical (unpaired) electrons. The average molecular weight is 721 g/mol. The lowest BCUT2D eigenvalue weighted by atomic mass is 10.3. The van der Waals surface area contributed by atoms with Gasteiger partial charge in [-0.15, -0.1) is 0 Å². The molecule has 0 unspecified atom stereocenters. The molecule has 17 heteroatoms. The van der Waals surface area contributed by atoms with E-state index >= 15 is 0 Å². The van der Waals surface area contributed by atoms with Crippen LogP contribution in [0.15, 0.2) is 12.1 Å². The van der Waals surface area contributed by atoms with Crippen molar-refractivity contribution in [3.05, 3.63) is 34.9 Å². The molecule has 2 aromatic heterocycles. The number of rotatable bonds is 17. The SMILES string of the molecule is CCOC(=O)c1cc(C(=O)OCC)[nH]n1.CCOC(=O)c1cc(C(=O)OCC)n(COCC[Si](C)(C)C)n1.C[Si](C)(C)CCOCCl. The number of aromatic amines is 1. The molecule has 0 spiro atoms. The molecule has 0 fully saturated rings. The highest BCUT2D eigenvalue weighted by atomic mass is 35.5. The second-order valence-electron chi connectivity index (χ2n) is 12.1. The van der Waals surface area contributed by atoms with E-state index in [1.807, 2.05) is 0 Å². The maximum atomic E-state index is 12.0. The summed E-state index contributed by atoms with van der Waals surface area (Å²) in [5, 5.41) is 10.1. The summed E-state index contributed by atoms with van der Waals surface area (Å²) in [6.45, 7) is 23.1. The zero-order valence-electron chi connectivity index (χ0n) is 29.5. The molecule has 2 heterocycles. The zero-order chi connectivity index (χ0) is 36.0. The molecular formula is C30H53ClN4O10Si2. The molecule has 2 rings (SSSR count). The molecule has 0 saturated heterocycles. The molecule has 0 aliphatic heterocycles. The summed E-state index contributed by atoms with van der Waals surface area (Å²) in [6.07, 6.45) is 0. The molecule has 0 bridgehead atoms. The third kappa shape index (κ3) is 20.0. The number of hydrogen-bond acceptors (Lipinski definition) is 12. The van der Waals surface area contributed by atoms with Gasteiger partial charge in [-0.3, -0.25) is 5.10 Å². The van der Waals surface area contributed by atoms with Crippen LogP contribution in [-0.2, 0) is 35.2 Å². The van der Waals surface area contributed by atoms with Crippen molar-refractivity contribution >= 4 is 51.6 Å². The predicted molar refractivity (Wildman–Crippen MR) is 184 cm³/mol. The van der Waals surface area contributed by atoms with E-state index in [-0.39, 0.29) is 55.9 Å². The molecule has 0 aliphatic rings. The van der Waals surface area contributed by atoms with Gasteiger partial charge in [-0.25, -0.2) is 23.9 Å². The topological polar surface area (TPSA) is 170 Å². The molecule has 0 saturated carbocycles. The quantitative estimate of drug-likeness (QED) is 0.0681. The zero-order valence-corrected chi connectivity index (χ0v) is 32.3. The first-order valence-electron chi connectivity index (χ1n) is 15.6. The van der Waals surface area contributed by atoms with Crippen LogP contribution in [0, 0.1) is 0 Å². The number of aromatic nitrogens is 4. The van der Waals surface area contributed by atoms with Gasteiger partial charge in [-0.1, -0.05) is 50.9 Å². The number of esters is 4. The normalized spacial score (nSPS) is 11.0. The number of halogens is 1. The first-order valence-corrected chi connectivity index (χ1v) is 23.5. The summed E-state index contributed by atoms with van der Waals surface area (Å²) in [4.78, 5) is 46.1. The second kappa shape index (κ2) is 23.3. The lowest BCUT2D eigenvalue weighted by molar-refractivity contribution is 0.0446. The monoisotopic (exact) mass is 720 g/mol. The number of nitrogens with zero attached hydrogens (tertiary/aromatic N) is 3. The number of carbonyl (C=O) groups is 4. The van der Waals surface area contributed by atoms with Gasteiger partial charge in [0, 0.05) is 41.5 Å². The number of hydrogen-bond donors (Lipinski definition) is 1. The number of H-pyrrole nitrogens is 1. The minimum absolute atomic E-state index is 0.0694. The van der Waals surface area contributed by atoms with Crippen molar-refractivity contribution in [1.82, 2.24) is 20.0 Å². The summed E-state index contributed by atoms with van der Waals surface area (Å²) in [5.74, 6) is -2.21. The molecule has 268 valence electrons. The first kappa shape index (κ1) is 43.9. The summed E-state index contributed by atoms with van der Waals surface area (Å²) < 4.78 is 31.3. The van der Waals surface area contributed by atoms with Crippen LogP contribution in [0.3, 0.4) is 0 Å². The highest BCUT2D eigenvalue weighted by molar-refractivity contribution is 6.76. The van der Waals surface area contributed by atoms with Crippen LogP contribution in [0.5, 0.6) is 0 Å². The first-order chi connectivity index (χ1) is 22.0. The largest absolute Gasteiger partial charge is 0.461 e. The van der Waals surface area contributed by atoms with Gasteiger partial charge in [0.1, 0.15) is 24.2 Å². The number of alkyl halides is 1. The van der Waals surface area contributed by atoms with E-state index in [1.54, 1.807) is 27.7 Å². The Morgan fingerprint density at radius 2 is 1.17 bits per heavy atom. The fourth-order valence-corrected chi connectivity index (χ4v) is 4.72. The Morgan fingerprint density at radius 3 is 1.66 bits per heavy atom. The Hall–Kier alpha value is -3.06. The van der Waals surface area contributed by atoms with Gasteiger partial charge in [0.2, 0.25) is 0 Å². The van der Waals surface area contributed by atoms with Crippen molar-refractivity contribution in [2.45, 2.75) is 85.8 Å². The second-order valence-corrected chi connectivity index (χ2v) is 23.6. The molecule has 0 aromatic carbocycles. The predicted octanol–water partition coefficient (Wildman–Crippen LogP) is 5.85. The standard InChI is InChI=1S/C15H26N2O5Si.C9H12N2O4.C6H15ClOSi/c1-6-21-14(18)12-10-13(15(19)22-7-2)17(16-12)11-20-8-9-23(3,4)5;1-3-14-8(12)6-5-7(11-10-6)9(13)15-4-2;1-9(2,3)5-4-8-6-7/h10H,6-9,11H2,1-5H3;5H,3-4H2,1-2H3,(H,10,11);4-6H2,1-3H3. The highest BCUT2D eigenvalue weighted by Gasteiger charge is 2.21. The van der Waals surface area contributed by atoms with E-state index in [4.69, 9.17) is 40.0 Å². The lowest BCUT2D eigenvalue weighted by Gasteiger charge is -2.15. The van der Waals surface area contributed by atoms with Gasteiger partial charge in [-0.2, -0.15) is 10.2 Å². The highest BCUT2D eigenvalue weighted by Crippen LogP contribution is 2.11. The van der Waals surface area contributed by atoms with Gasteiger partial charge in [-0.05, 0) is 39.8 Å². The summed E-state index contributed by atoms with van der Waals surface area (Å²) in [5.41, 5.74) is 0.464. The van der Waals surface area contributed by atoms with Crippen LogP contribution in [0.4, 0.5) is 0 Å². The van der Waals surface area contributed by atoms with Crippen LogP contribution in [0.25, 0.3) is 0 Å². The van der Waals surface area contributed by atoms with Crippen LogP contribution in [0.1, 0.15) is 69.6 Å². The van der Waals surface area contributed by atoms with Crippen LogP contribution >= 0.6 is 11.6 Å². The molecule has 0 atom stereocenters. The van der Waals surface area contributed by atoms with Crippen molar-refractivity contribution in [2.24, 2.45) is 0 Å². The Balaban J connectivity index is 0.000000753. The molecule has 2 aromatic rings. The summed E-state index contributed by atoms with van der Waals surface area (Å²) >= 11 is 5.32. The molecule has 47 heavy (non-hydrogen) atoms. The van der Waals surface area contributed by atoms with Gasteiger partial charge >= 0.3 is 23.9 Å². The van der Waals surface area contributed by atoms with Gasteiger partial charge in [0.05, 0.1) is 26.4 Å². The minimum Gasteiger partial charge on any atom is -0.461 e. The lowest BCUT2D eigenvalue weighted by Crippen LogP contribution is -2.22. The molecule has 1 N–H and O–H groups in total. The summed E-state index contributed by atoms with van der Waals surface area (Å²) in [6, 6.07) is 5.23. The fourth-order valence-electron chi connectivity index (χ4n) is 3.10. The maximum Gasteiger partial charge on any atom is 0.358 e. The van der Waals surface area contributed by atoms with Crippen molar-refractivity contribution in [1.29, 1.82) is 0 Å². The van der Waals surface area contributed by atoms with Crippen LogP contribution in [-0.4, -0.2) is 106 Å². The maximum absolute atomic E-state index is 12.0. The van der Waals surface area contributed by atoms with E-state index < -0.39 is 40.0 Å². The van der Waals surface area contributed by atoms with Gasteiger partial charge in [0.15, 0.2) is 11.4 Å². The van der Waals surface area contributed by atoms with E-state index in [0.29, 0.717) is 12.7 Å². The third-order valence-corrected chi connectivity index (χ3v) is 9.15. The number of nitrogens with one attached hydrogen (secondary N) is 1. The van der Waals surface area contributed by atoms with E-state index in [1.165, 1.54) is 22.9 Å². The fraction of sp³-hybridized carbons (Fsp3) is 0.667. The Kier molecular flexibility index (Phi) is 21.8. The van der Waals surface area contributed by atoms with E-state index in [0.717, 1.165) is 12.7 Å². The third-order valence-electron chi connectivity index (χ3n) is 5.59. The van der Waals surface area contributed by atoms with Gasteiger partial charge < -0.3 is 28.4 Å². The number of carbonyl (C=O) groups excluding carboxylic acids is 4. The number of ether oxygens (including phenoxy) is 6. The smallest absolute Gasteiger partial charge is 0.358 e. The average Bonchev–Trinajstić information content (AvgIpc) is 3.64. The van der Waals surface area contributed by atoms with Crippen molar-refractivity contribution < 1.29 is 47.6 Å². The minimum atomic E-state index is -1.19. The van der Waals surface area contributed by atoms with E-state index in [9.17, 15) is 19.2 Å². The molecule has 0 amide bonds. The molecule has 14 nitrogen and oxygen atoms in total. The van der Waals surface area contributed by atoms with Crippen molar-refractivity contribution in [3.8, 4) is 0 Å². The molecular weight excluding hydrogens is 668 g/mol. The van der Waals surface area contributed by atoms with Crippen LogP contribution in [0.2, 0.25) is 51.4 Å². The van der Waals surface area contributed by atoms with E-state index in [2.05, 4.69) is 54.6 Å². The Labute approximate surface area is 285 Å². The van der Waals surface area contributed by atoms with Crippen molar-refractivity contribution in [2.75, 3.05) is 45.7 Å². The summed E-state index contributed by atoms with van der Waals surface area (Å²) in [7, 11) is -2.07. The van der Waals surface area contributed by atoms with Gasteiger partial charge in [0.25, 0.3) is 0 Å².